The Morgan fingerprint density at radius 2 is 1.92 bits per heavy atom. The first kappa shape index (κ1) is 25.8. The Balaban J connectivity index is 1.21. The summed E-state index contributed by atoms with van der Waals surface area (Å²) < 4.78 is 7.06. The zero-order valence-electron chi connectivity index (χ0n) is 21.2. The highest BCUT2D eigenvalue weighted by molar-refractivity contribution is 5.81. The number of nitriles is 1. The van der Waals surface area contributed by atoms with Crippen molar-refractivity contribution in [2.45, 2.75) is 25.4 Å². The van der Waals surface area contributed by atoms with Gasteiger partial charge in [-0.15, -0.1) is 0 Å². The molecule has 196 valence electrons. The minimum atomic E-state index is -0.228. The summed E-state index contributed by atoms with van der Waals surface area (Å²) in [5, 5.41) is 19.7. The second-order valence-corrected chi connectivity index (χ2v) is 9.14. The average Bonchev–Trinajstić information content (AvgIpc) is 3.52. The number of nitrogens with one attached hydrogen (secondary N) is 2. The van der Waals surface area contributed by atoms with Crippen LogP contribution in [0.25, 0.3) is 22.6 Å². The lowest BCUT2D eigenvalue weighted by Crippen LogP contribution is -2.41. The van der Waals surface area contributed by atoms with Gasteiger partial charge in [-0.1, -0.05) is 30.3 Å². The zero-order valence-corrected chi connectivity index (χ0v) is 21.2. The van der Waals surface area contributed by atoms with Crippen molar-refractivity contribution in [1.82, 2.24) is 30.4 Å². The van der Waals surface area contributed by atoms with Gasteiger partial charge < -0.3 is 15.4 Å². The lowest BCUT2D eigenvalue weighted by atomic mass is 10.1. The van der Waals surface area contributed by atoms with Gasteiger partial charge in [-0.3, -0.25) is 9.59 Å². The van der Waals surface area contributed by atoms with E-state index in [1.54, 1.807) is 36.7 Å². The van der Waals surface area contributed by atoms with Crippen LogP contribution >= 0.6 is 0 Å². The van der Waals surface area contributed by atoms with Gasteiger partial charge in [0.1, 0.15) is 6.61 Å². The van der Waals surface area contributed by atoms with E-state index in [0.29, 0.717) is 36.0 Å². The Kier molecular flexibility index (Phi) is 8.00. The van der Waals surface area contributed by atoms with Crippen LogP contribution in [0.2, 0.25) is 0 Å². The van der Waals surface area contributed by atoms with Crippen LogP contribution in [0, 0.1) is 11.3 Å². The van der Waals surface area contributed by atoms with E-state index in [1.807, 2.05) is 30.3 Å². The number of aromatic nitrogens is 4. The molecule has 3 heterocycles. The topological polar surface area (TPSA) is 135 Å². The average molecular weight is 522 g/mol. The Morgan fingerprint density at radius 1 is 1.10 bits per heavy atom. The minimum absolute atomic E-state index is 0.0000275. The third-order valence-corrected chi connectivity index (χ3v) is 6.35. The molecule has 0 aliphatic carbocycles. The molecule has 1 saturated heterocycles. The molecule has 4 aromatic rings. The van der Waals surface area contributed by atoms with E-state index in [1.165, 1.54) is 10.7 Å². The molecule has 0 saturated carbocycles. The molecule has 0 spiro atoms. The summed E-state index contributed by atoms with van der Waals surface area (Å²) >= 11 is 0. The SMILES string of the molecule is N#Cc1cccc(-c2ccc(=O)n(Cc3cccc(-c4ncc(OCCNC(=O)[C@@H]5CCCN5)cn4)c3)n2)c1. The molecule has 0 radical (unpaired) electrons. The molecular weight excluding hydrogens is 494 g/mol. The number of carbonyl (C=O) groups excluding carboxylic acids is 1. The quantitative estimate of drug-likeness (QED) is 0.321. The van der Waals surface area contributed by atoms with Gasteiger partial charge in [0.25, 0.3) is 5.56 Å². The molecule has 10 nitrogen and oxygen atoms in total. The summed E-state index contributed by atoms with van der Waals surface area (Å²) in [5.74, 6) is 1.03. The molecule has 1 atom stereocenters. The van der Waals surface area contributed by atoms with Gasteiger partial charge in [-0.25, -0.2) is 14.6 Å². The summed E-state index contributed by atoms with van der Waals surface area (Å²) in [6.07, 6.45) is 5.07. The molecule has 39 heavy (non-hydrogen) atoms. The molecular formula is C29H27N7O3. The van der Waals surface area contributed by atoms with Gasteiger partial charge in [0, 0.05) is 17.2 Å². The van der Waals surface area contributed by atoms with Gasteiger partial charge in [-0.05, 0) is 49.2 Å². The summed E-state index contributed by atoms with van der Waals surface area (Å²) in [7, 11) is 0. The second kappa shape index (κ2) is 12.1. The van der Waals surface area contributed by atoms with E-state index in [0.717, 1.165) is 36.1 Å². The van der Waals surface area contributed by atoms with Crippen LogP contribution in [0.4, 0.5) is 0 Å². The van der Waals surface area contributed by atoms with Crippen LogP contribution in [0.1, 0.15) is 24.0 Å². The summed E-state index contributed by atoms with van der Waals surface area (Å²) in [5.41, 5.74) is 3.33. The van der Waals surface area contributed by atoms with E-state index < -0.39 is 0 Å². The summed E-state index contributed by atoms with van der Waals surface area (Å²) in [6.45, 7) is 1.86. The number of amides is 1. The number of hydrogen-bond donors (Lipinski definition) is 2. The maximum atomic E-state index is 12.5. The molecule has 1 amide bonds. The number of rotatable bonds is 9. The van der Waals surface area contributed by atoms with Gasteiger partial charge in [0.15, 0.2) is 11.6 Å². The van der Waals surface area contributed by atoms with Crippen LogP contribution < -0.4 is 20.9 Å². The molecule has 0 bridgehead atoms. The molecule has 2 aromatic heterocycles. The first-order chi connectivity index (χ1) is 19.1. The standard InChI is InChI=1S/C29H27N7O3/c30-16-20-4-1-6-22(14-20)25-9-10-27(37)36(35-25)19-21-5-2-7-23(15-21)28-33-17-24(18-34-28)39-13-12-32-29(38)26-8-3-11-31-26/h1-2,4-7,9-10,14-15,17-18,26,31H,3,8,11-13,19H2,(H,32,38)/t26-/m0/s1. The largest absolute Gasteiger partial charge is 0.489 e. The van der Waals surface area contributed by atoms with Gasteiger partial charge in [-0.2, -0.15) is 10.4 Å². The fraction of sp³-hybridized carbons (Fsp3) is 0.241. The molecule has 10 heteroatoms. The van der Waals surface area contributed by atoms with Crippen LogP contribution in [0.15, 0.2) is 77.9 Å². The second-order valence-electron chi connectivity index (χ2n) is 9.14. The van der Waals surface area contributed by atoms with E-state index in [4.69, 9.17) is 4.74 Å². The summed E-state index contributed by atoms with van der Waals surface area (Å²) in [4.78, 5) is 33.4. The van der Waals surface area contributed by atoms with Crippen molar-refractivity contribution in [3.8, 4) is 34.5 Å². The van der Waals surface area contributed by atoms with Crippen LogP contribution in [0.5, 0.6) is 5.75 Å². The number of nitrogens with zero attached hydrogens (tertiary/aromatic N) is 5. The smallest absolute Gasteiger partial charge is 0.267 e. The van der Waals surface area contributed by atoms with Crippen molar-refractivity contribution in [3.05, 3.63) is 94.5 Å². The van der Waals surface area contributed by atoms with Crippen molar-refractivity contribution in [3.63, 3.8) is 0 Å². The monoisotopic (exact) mass is 521 g/mol. The van der Waals surface area contributed by atoms with Gasteiger partial charge in [0.2, 0.25) is 5.91 Å². The van der Waals surface area contributed by atoms with Gasteiger partial charge >= 0.3 is 0 Å². The molecule has 1 aliphatic rings. The summed E-state index contributed by atoms with van der Waals surface area (Å²) in [6, 6.07) is 19.9. The van der Waals surface area contributed by atoms with E-state index in [9.17, 15) is 14.9 Å². The molecule has 1 aliphatic heterocycles. The fourth-order valence-corrected chi connectivity index (χ4v) is 4.36. The Labute approximate surface area is 225 Å². The van der Waals surface area contributed by atoms with Crippen molar-refractivity contribution < 1.29 is 9.53 Å². The normalized spacial score (nSPS) is 14.5. The Hall–Kier alpha value is -4.88. The lowest BCUT2D eigenvalue weighted by Gasteiger charge is -2.11. The van der Waals surface area contributed by atoms with Crippen LogP contribution in [-0.4, -0.2) is 51.4 Å². The third kappa shape index (κ3) is 6.52. The van der Waals surface area contributed by atoms with Crippen molar-refractivity contribution in [2.75, 3.05) is 19.7 Å². The Bertz CT molecular complexity index is 1550. The molecule has 5 rings (SSSR count). The van der Waals surface area contributed by atoms with Crippen molar-refractivity contribution in [1.29, 1.82) is 5.26 Å². The third-order valence-electron chi connectivity index (χ3n) is 6.35. The van der Waals surface area contributed by atoms with Crippen molar-refractivity contribution >= 4 is 5.91 Å². The predicted molar refractivity (Wildman–Crippen MR) is 145 cm³/mol. The number of benzene rings is 2. The molecule has 2 aromatic carbocycles. The van der Waals surface area contributed by atoms with E-state index in [2.05, 4.69) is 31.8 Å². The zero-order chi connectivity index (χ0) is 27.0. The molecule has 0 unspecified atom stereocenters. The molecule has 2 N–H and O–H groups in total. The van der Waals surface area contributed by atoms with Crippen molar-refractivity contribution in [2.24, 2.45) is 0 Å². The van der Waals surface area contributed by atoms with Gasteiger partial charge in [0.05, 0.1) is 48.9 Å². The minimum Gasteiger partial charge on any atom is -0.489 e. The highest BCUT2D eigenvalue weighted by Crippen LogP contribution is 2.20. The number of carbonyl (C=O) groups is 1. The first-order valence-electron chi connectivity index (χ1n) is 12.7. The fourth-order valence-electron chi connectivity index (χ4n) is 4.36. The highest BCUT2D eigenvalue weighted by atomic mass is 16.5. The van der Waals surface area contributed by atoms with Crippen LogP contribution in [-0.2, 0) is 11.3 Å². The number of ether oxygens (including phenoxy) is 1. The first-order valence-corrected chi connectivity index (χ1v) is 12.7. The lowest BCUT2D eigenvalue weighted by molar-refractivity contribution is -0.122. The Morgan fingerprint density at radius 3 is 2.72 bits per heavy atom. The maximum absolute atomic E-state index is 12.5. The van der Waals surface area contributed by atoms with Crippen LogP contribution in [0.3, 0.4) is 0 Å². The highest BCUT2D eigenvalue weighted by Gasteiger charge is 2.21. The predicted octanol–water partition coefficient (Wildman–Crippen LogP) is 2.53. The number of hydrogen-bond acceptors (Lipinski definition) is 8. The molecule has 1 fully saturated rings. The van der Waals surface area contributed by atoms with E-state index in [-0.39, 0.29) is 24.1 Å². The van der Waals surface area contributed by atoms with E-state index >= 15 is 0 Å². The maximum Gasteiger partial charge on any atom is 0.267 e.